The Labute approximate surface area is 193 Å². The molecule has 2 aliphatic heterocycles. The number of nitrogens with one attached hydrogen (secondary N) is 2. The molecule has 4 rings (SSSR count). The molecule has 32 heavy (non-hydrogen) atoms. The largest absolute Gasteiger partial charge is 0.369 e. The molecule has 0 saturated carbocycles. The van der Waals surface area contributed by atoms with Crippen LogP contribution in [0, 0.1) is 5.82 Å². The van der Waals surface area contributed by atoms with Gasteiger partial charge in [0.1, 0.15) is 11.6 Å². The Hall–Kier alpha value is -2.04. The van der Waals surface area contributed by atoms with Crippen LogP contribution < -0.4 is 10.6 Å². The van der Waals surface area contributed by atoms with Crippen molar-refractivity contribution in [1.82, 2.24) is 19.3 Å². The number of piperidine rings is 1. The van der Waals surface area contributed by atoms with E-state index in [4.69, 9.17) is 11.6 Å². The highest BCUT2D eigenvalue weighted by molar-refractivity contribution is 7.89. The quantitative estimate of drug-likeness (QED) is 0.592. The molecular weight excluding hydrogens is 455 g/mol. The van der Waals surface area contributed by atoms with Crippen molar-refractivity contribution in [1.29, 1.82) is 0 Å². The second kappa shape index (κ2) is 9.84. The second-order valence-corrected chi connectivity index (χ2v) is 10.7. The summed E-state index contributed by atoms with van der Waals surface area (Å²) < 4.78 is 41.6. The molecule has 0 radical (unpaired) electrons. The first-order valence-electron chi connectivity index (χ1n) is 11.0. The van der Waals surface area contributed by atoms with Gasteiger partial charge >= 0.3 is 0 Å². The zero-order valence-electron chi connectivity index (χ0n) is 18.0. The van der Waals surface area contributed by atoms with Crippen LogP contribution in [0.3, 0.4) is 0 Å². The molecule has 2 atom stereocenters. The first kappa shape index (κ1) is 23.1. The van der Waals surface area contributed by atoms with Gasteiger partial charge in [0.25, 0.3) is 0 Å². The fourth-order valence-corrected chi connectivity index (χ4v) is 6.38. The Balaban J connectivity index is 1.50. The molecule has 2 aliphatic rings. The first-order valence-corrected chi connectivity index (χ1v) is 13.0. The molecule has 1 saturated heterocycles. The number of fused-ring (bicyclic) bond motifs is 1. The van der Waals surface area contributed by atoms with Crippen LogP contribution in [0.25, 0.3) is 0 Å². The predicted molar refractivity (Wildman–Crippen MR) is 123 cm³/mol. The number of nitrogens with zero attached hydrogens (tertiary/aromatic N) is 4. The third-order valence-electron chi connectivity index (χ3n) is 6.00. The molecule has 4 heterocycles. The van der Waals surface area contributed by atoms with Crippen LogP contribution in [0.5, 0.6) is 0 Å². The number of hydrogen-bond acceptors (Lipinski definition) is 7. The Morgan fingerprint density at radius 3 is 2.97 bits per heavy atom. The molecule has 0 amide bonds. The van der Waals surface area contributed by atoms with E-state index in [9.17, 15) is 12.8 Å². The molecule has 2 unspecified atom stereocenters. The molecule has 2 aromatic heterocycles. The number of pyridine rings is 1. The third kappa shape index (κ3) is 4.97. The van der Waals surface area contributed by atoms with Gasteiger partial charge in [-0.15, -0.1) is 0 Å². The lowest BCUT2D eigenvalue weighted by Gasteiger charge is -2.35. The number of halogens is 2. The summed E-state index contributed by atoms with van der Waals surface area (Å²) in [4.78, 5) is 12.9. The summed E-state index contributed by atoms with van der Waals surface area (Å²) in [6.45, 7) is 3.32. The van der Waals surface area contributed by atoms with Gasteiger partial charge in [0.2, 0.25) is 10.0 Å². The van der Waals surface area contributed by atoms with E-state index in [1.807, 2.05) is 13.0 Å². The lowest BCUT2D eigenvalue weighted by molar-refractivity contribution is 0.261. The van der Waals surface area contributed by atoms with Crippen LogP contribution in [0.15, 0.2) is 18.5 Å². The maximum Gasteiger partial charge on any atom is 0.214 e. The van der Waals surface area contributed by atoms with Crippen LogP contribution in [0.4, 0.5) is 16.0 Å². The van der Waals surface area contributed by atoms with Crippen molar-refractivity contribution >= 4 is 33.3 Å². The molecule has 0 aromatic carbocycles. The minimum absolute atomic E-state index is 0.0786. The van der Waals surface area contributed by atoms with E-state index in [2.05, 4.69) is 25.6 Å². The van der Waals surface area contributed by atoms with Crippen LogP contribution in [-0.2, 0) is 10.0 Å². The van der Waals surface area contributed by atoms with E-state index in [-0.39, 0.29) is 23.5 Å². The SMILES string of the molecule is CCCCS(=O)(=O)N1CCCCC1CNc1nc(C2CNc3ncc(Cl)cc32)ncc1F. The van der Waals surface area contributed by atoms with Crippen molar-refractivity contribution in [2.75, 3.05) is 36.0 Å². The van der Waals surface area contributed by atoms with Crippen molar-refractivity contribution in [3.63, 3.8) is 0 Å². The van der Waals surface area contributed by atoms with Gasteiger partial charge in [0.05, 0.1) is 22.9 Å². The Morgan fingerprint density at radius 2 is 2.16 bits per heavy atom. The zero-order chi connectivity index (χ0) is 22.7. The fourth-order valence-electron chi connectivity index (χ4n) is 4.28. The van der Waals surface area contributed by atoms with E-state index < -0.39 is 15.8 Å². The normalized spacial score (nSPS) is 21.2. The summed E-state index contributed by atoms with van der Waals surface area (Å²) in [5, 5.41) is 6.75. The Kier molecular flexibility index (Phi) is 7.11. The Bertz CT molecular complexity index is 1070. The molecule has 0 spiro atoms. The summed E-state index contributed by atoms with van der Waals surface area (Å²) in [5.41, 5.74) is 0.871. The number of anilines is 2. The molecular formula is C21H28ClFN6O2S. The summed E-state index contributed by atoms with van der Waals surface area (Å²) in [6.07, 6.45) is 6.71. The summed E-state index contributed by atoms with van der Waals surface area (Å²) in [7, 11) is -3.33. The van der Waals surface area contributed by atoms with Crippen LogP contribution in [-0.4, -0.2) is 59.1 Å². The van der Waals surface area contributed by atoms with Gasteiger partial charge < -0.3 is 10.6 Å². The second-order valence-electron chi connectivity index (χ2n) is 8.26. The molecule has 2 aromatic rings. The summed E-state index contributed by atoms with van der Waals surface area (Å²) in [6, 6.07) is 1.59. The maximum atomic E-state index is 14.5. The number of unbranched alkanes of at least 4 members (excludes halogenated alkanes) is 1. The molecule has 8 nitrogen and oxygen atoms in total. The van der Waals surface area contributed by atoms with Crippen molar-refractivity contribution in [3.05, 3.63) is 40.7 Å². The van der Waals surface area contributed by atoms with E-state index >= 15 is 0 Å². The molecule has 0 aliphatic carbocycles. The van der Waals surface area contributed by atoms with Gasteiger partial charge in [0.15, 0.2) is 11.6 Å². The maximum absolute atomic E-state index is 14.5. The van der Waals surface area contributed by atoms with Crippen molar-refractivity contribution < 1.29 is 12.8 Å². The predicted octanol–water partition coefficient (Wildman–Crippen LogP) is 3.62. The Morgan fingerprint density at radius 1 is 1.31 bits per heavy atom. The monoisotopic (exact) mass is 482 g/mol. The average Bonchev–Trinajstić information content (AvgIpc) is 3.20. The summed E-state index contributed by atoms with van der Waals surface area (Å²) in [5.74, 6) is 0.641. The standard InChI is InChI=1S/C21H28ClFN6O2S/c1-2-3-8-32(30,31)29-7-5-4-6-15(29)11-25-21-18(23)13-27-20(28-21)17-12-26-19-16(17)9-14(22)10-24-19/h9-10,13,15,17H,2-8,11-12H2,1H3,(H,24,26)(H,25,27,28). The molecule has 0 bridgehead atoms. The fraction of sp³-hybridized carbons (Fsp3) is 0.571. The summed E-state index contributed by atoms with van der Waals surface area (Å²) >= 11 is 6.09. The molecule has 11 heteroatoms. The number of rotatable bonds is 8. The number of sulfonamides is 1. The van der Waals surface area contributed by atoms with Crippen molar-refractivity contribution in [3.8, 4) is 0 Å². The van der Waals surface area contributed by atoms with Crippen molar-refractivity contribution in [2.45, 2.75) is 51.0 Å². The van der Waals surface area contributed by atoms with Gasteiger partial charge in [-0.2, -0.15) is 4.31 Å². The van der Waals surface area contributed by atoms with E-state index in [1.165, 1.54) is 0 Å². The molecule has 174 valence electrons. The van der Waals surface area contributed by atoms with Crippen LogP contribution in [0.2, 0.25) is 5.02 Å². The molecule has 2 N–H and O–H groups in total. The van der Waals surface area contributed by atoms with E-state index in [0.717, 1.165) is 43.3 Å². The lowest BCUT2D eigenvalue weighted by atomic mass is 10.0. The number of aromatic nitrogens is 3. The zero-order valence-corrected chi connectivity index (χ0v) is 19.6. The topological polar surface area (TPSA) is 100 Å². The van der Waals surface area contributed by atoms with Crippen molar-refractivity contribution in [2.24, 2.45) is 0 Å². The average molecular weight is 483 g/mol. The van der Waals surface area contributed by atoms with E-state index in [1.54, 1.807) is 10.5 Å². The molecule has 1 fully saturated rings. The van der Waals surface area contributed by atoms with Gasteiger partial charge in [-0.3, -0.25) is 0 Å². The van der Waals surface area contributed by atoms with Crippen LogP contribution in [0.1, 0.15) is 56.3 Å². The van der Waals surface area contributed by atoms with Gasteiger partial charge in [-0.25, -0.2) is 27.8 Å². The van der Waals surface area contributed by atoms with Gasteiger partial charge in [0, 0.05) is 37.4 Å². The highest BCUT2D eigenvalue weighted by Crippen LogP contribution is 2.35. The van der Waals surface area contributed by atoms with Crippen LogP contribution >= 0.6 is 11.6 Å². The smallest absolute Gasteiger partial charge is 0.214 e. The highest BCUT2D eigenvalue weighted by Gasteiger charge is 2.32. The van der Waals surface area contributed by atoms with Gasteiger partial charge in [-0.05, 0) is 25.3 Å². The minimum Gasteiger partial charge on any atom is -0.369 e. The lowest BCUT2D eigenvalue weighted by Crippen LogP contribution is -2.47. The first-order chi connectivity index (χ1) is 15.4. The third-order valence-corrected chi connectivity index (χ3v) is 8.21. The van der Waals surface area contributed by atoms with E-state index in [0.29, 0.717) is 36.9 Å². The number of hydrogen-bond donors (Lipinski definition) is 2. The van der Waals surface area contributed by atoms with Gasteiger partial charge in [-0.1, -0.05) is 31.4 Å². The highest BCUT2D eigenvalue weighted by atomic mass is 35.5. The minimum atomic E-state index is -3.33.